The first kappa shape index (κ1) is 24.4. The number of anilines is 1. The van der Waals surface area contributed by atoms with E-state index in [0.29, 0.717) is 40.7 Å². The van der Waals surface area contributed by atoms with Crippen molar-refractivity contribution < 1.29 is 33.8 Å². The number of thiazole rings is 1. The maximum absolute atomic E-state index is 13.5. The SMILES string of the molecule is COc1ccc2nc(N3C(=O)C(=O)C(=C(O)c4ccc5c(c4)OCCO5)C3c3cccc([N+](=O)[O-])c3)sc2c1. The highest BCUT2D eigenvalue weighted by molar-refractivity contribution is 7.22. The number of non-ortho nitro benzene ring substituents is 1. The van der Waals surface area contributed by atoms with Crippen LogP contribution in [0, 0.1) is 10.1 Å². The zero-order valence-electron chi connectivity index (χ0n) is 20.3. The van der Waals surface area contributed by atoms with Crippen molar-refractivity contribution in [3.8, 4) is 17.2 Å². The number of aliphatic hydroxyl groups is 1. The summed E-state index contributed by atoms with van der Waals surface area (Å²) < 4.78 is 17.1. The summed E-state index contributed by atoms with van der Waals surface area (Å²) in [4.78, 5) is 43.7. The maximum Gasteiger partial charge on any atom is 0.301 e. The van der Waals surface area contributed by atoms with Gasteiger partial charge in [-0.3, -0.25) is 24.6 Å². The highest BCUT2D eigenvalue weighted by atomic mass is 32.1. The molecule has 1 unspecified atom stereocenters. The van der Waals surface area contributed by atoms with Gasteiger partial charge in [0, 0.05) is 17.7 Å². The van der Waals surface area contributed by atoms with E-state index in [4.69, 9.17) is 14.2 Å². The number of methoxy groups -OCH3 is 1. The molecule has 4 aromatic rings. The molecule has 2 aliphatic heterocycles. The standard InChI is InChI=1S/C27H19N3O8S/c1-36-17-6-7-18-21(13-17)39-27(28-18)29-23(14-3-2-4-16(11-14)30(34)35)22(25(32)26(29)33)24(31)15-5-8-19-20(12-15)38-10-9-37-19/h2-8,11-13,23,31H,9-10H2,1H3. The molecule has 1 atom stereocenters. The molecule has 39 heavy (non-hydrogen) atoms. The number of carbonyl (C=O) groups excluding carboxylic acids is 2. The Bertz CT molecular complexity index is 1710. The number of hydrogen-bond donors (Lipinski definition) is 1. The van der Waals surface area contributed by atoms with Crippen LogP contribution in [0.5, 0.6) is 17.2 Å². The topological polar surface area (TPSA) is 141 Å². The smallest absolute Gasteiger partial charge is 0.301 e. The van der Waals surface area contributed by atoms with Crippen LogP contribution in [0.2, 0.25) is 0 Å². The number of aliphatic hydroxyl groups excluding tert-OH is 1. The Morgan fingerprint density at radius 1 is 1.10 bits per heavy atom. The number of carbonyl (C=O) groups is 2. The fourth-order valence-corrected chi connectivity index (χ4v) is 5.64. The van der Waals surface area contributed by atoms with E-state index >= 15 is 0 Å². The van der Waals surface area contributed by atoms with Crippen molar-refractivity contribution in [2.45, 2.75) is 6.04 Å². The van der Waals surface area contributed by atoms with Crippen molar-refractivity contribution in [1.82, 2.24) is 4.98 Å². The summed E-state index contributed by atoms with van der Waals surface area (Å²) in [6.45, 7) is 0.696. The van der Waals surface area contributed by atoms with Crippen LogP contribution >= 0.6 is 11.3 Å². The summed E-state index contributed by atoms with van der Waals surface area (Å²) in [6.07, 6.45) is 0. The van der Waals surface area contributed by atoms with Crippen LogP contribution in [0.3, 0.4) is 0 Å². The lowest BCUT2D eigenvalue weighted by Crippen LogP contribution is -2.29. The van der Waals surface area contributed by atoms with Crippen molar-refractivity contribution in [3.05, 3.63) is 87.5 Å². The van der Waals surface area contributed by atoms with Crippen LogP contribution in [0.25, 0.3) is 16.0 Å². The van der Waals surface area contributed by atoms with Gasteiger partial charge in [0.05, 0.1) is 33.9 Å². The van der Waals surface area contributed by atoms with Gasteiger partial charge in [-0.1, -0.05) is 23.5 Å². The van der Waals surface area contributed by atoms with Gasteiger partial charge in [0.15, 0.2) is 16.6 Å². The summed E-state index contributed by atoms with van der Waals surface area (Å²) >= 11 is 1.15. The Kier molecular flexibility index (Phi) is 5.88. The number of benzene rings is 3. The lowest BCUT2D eigenvalue weighted by Gasteiger charge is -2.23. The molecular formula is C27H19N3O8S. The third-order valence-corrected chi connectivity index (χ3v) is 7.46. The predicted octanol–water partition coefficient (Wildman–Crippen LogP) is 4.61. The minimum Gasteiger partial charge on any atom is -0.507 e. The number of ether oxygens (including phenoxy) is 3. The predicted molar refractivity (Wildman–Crippen MR) is 141 cm³/mol. The number of nitro groups is 1. The molecule has 2 aliphatic rings. The lowest BCUT2D eigenvalue weighted by molar-refractivity contribution is -0.384. The van der Waals surface area contributed by atoms with E-state index in [1.54, 1.807) is 36.4 Å². The highest BCUT2D eigenvalue weighted by Gasteiger charge is 2.48. The van der Waals surface area contributed by atoms with E-state index in [1.165, 1.54) is 36.3 Å². The van der Waals surface area contributed by atoms with Crippen LogP contribution in [-0.2, 0) is 9.59 Å². The first-order valence-electron chi connectivity index (χ1n) is 11.8. The van der Waals surface area contributed by atoms with Gasteiger partial charge in [-0.05, 0) is 42.0 Å². The first-order valence-corrected chi connectivity index (χ1v) is 12.6. The zero-order chi connectivity index (χ0) is 27.3. The minimum atomic E-state index is -1.18. The molecule has 1 fully saturated rings. The number of aromatic nitrogens is 1. The molecule has 12 heteroatoms. The number of rotatable bonds is 5. The third-order valence-electron chi connectivity index (χ3n) is 6.45. The molecule has 1 N–H and O–H groups in total. The number of nitro benzene ring substituents is 1. The summed E-state index contributed by atoms with van der Waals surface area (Å²) in [5.74, 6) is -0.863. The van der Waals surface area contributed by atoms with Gasteiger partial charge in [0.1, 0.15) is 24.7 Å². The Morgan fingerprint density at radius 2 is 1.90 bits per heavy atom. The van der Waals surface area contributed by atoms with E-state index in [9.17, 15) is 24.8 Å². The average molecular weight is 546 g/mol. The highest BCUT2D eigenvalue weighted by Crippen LogP contribution is 2.45. The molecule has 0 bridgehead atoms. The summed E-state index contributed by atoms with van der Waals surface area (Å²) in [5.41, 5.74) is 0.601. The molecule has 11 nitrogen and oxygen atoms in total. The molecule has 6 rings (SSSR count). The van der Waals surface area contributed by atoms with Crippen molar-refractivity contribution >= 4 is 49.8 Å². The van der Waals surface area contributed by atoms with Crippen LogP contribution in [0.4, 0.5) is 10.8 Å². The second-order valence-corrected chi connectivity index (χ2v) is 9.72. The van der Waals surface area contributed by atoms with Gasteiger partial charge in [-0.15, -0.1) is 0 Å². The number of nitrogens with zero attached hydrogens (tertiary/aromatic N) is 3. The fourth-order valence-electron chi connectivity index (χ4n) is 4.62. The largest absolute Gasteiger partial charge is 0.507 e. The number of hydrogen-bond acceptors (Lipinski definition) is 10. The van der Waals surface area contributed by atoms with Crippen LogP contribution in [0.1, 0.15) is 17.2 Å². The lowest BCUT2D eigenvalue weighted by atomic mass is 9.95. The van der Waals surface area contributed by atoms with Gasteiger partial charge < -0.3 is 19.3 Å². The molecule has 3 aromatic carbocycles. The van der Waals surface area contributed by atoms with Crippen molar-refractivity contribution in [2.24, 2.45) is 0 Å². The Hall–Kier alpha value is -4.97. The van der Waals surface area contributed by atoms with E-state index in [1.807, 2.05) is 0 Å². The fraction of sp³-hybridized carbons (Fsp3) is 0.148. The van der Waals surface area contributed by atoms with Gasteiger partial charge in [-0.25, -0.2) is 4.98 Å². The van der Waals surface area contributed by atoms with Crippen LogP contribution in [0.15, 0.2) is 66.2 Å². The molecule has 0 spiro atoms. The maximum atomic E-state index is 13.5. The summed E-state index contributed by atoms with van der Waals surface area (Å²) in [7, 11) is 1.53. The van der Waals surface area contributed by atoms with E-state index in [0.717, 1.165) is 11.3 Å². The van der Waals surface area contributed by atoms with Crippen molar-refractivity contribution in [2.75, 3.05) is 25.2 Å². The monoisotopic (exact) mass is 545 g/mol. The average Bonchev–Trinajstić information content (AvgIpc) is 3.49. The first-order chi connectivity index (χ1) is 18.9. The van der Waals surface area contributed by atoms with Crippen molar-refractivity contribution in [1.29, 1.82) is 0 Å². The van der Waals surface area contributed by atoms with Crippen LogP contribution in [-0.4, -0.2) is 47.0 Å². The summed E-state index contributed by atoms with van der Waals surface area (Å²) in [5, 5.41) is 23.2. The Morgan fingerprint density at radius 3 is 2.67 bits per heavy atom. The Labute approximate surface area is 224 Å². The molecule has 0 aliphatic carbocycles. The molecule has 1 aromatic heterocycles. The molecule has 1 amide bonds. The van der Waals surface area contributed by atoms with E-state index < -0.39 is 28.4 Å². The second kappa shape index (κ2) is 9.40. The second-order valence-electron chi connectivity index (χ2n) is 8.71. The van der Waals surface area contributed by atoms with Gasteiger partial charge in [0.2, 0.25) is 0 Å². The number of Topliss-reactive ketones (excluding diaryl/α,β-unsaturated/α-hetero) is 1. The molecule has 0 radical (unpaired) electrons. The van der Waals surface area contributed by atoms with E-state index in [2.05, 4.69) is 4.98 Å². The number of ketones is 1. The van der Waals surface area contributed by atoms with Gasteiger partial charge in [-0.2, -0.15) is 0 Å². The van der Waals surface area contributed by atoms with Gasteiger partial charge >= 0.3 is 5.91 Å². The molecule has 3 heterocycles. The van der Waals surface area contributed by atoms with Gasteiger partial charge in [0.25, 0.3) is 11.5 Å². The van der Waals surface area contributed by atoms with Crippen molar-refractivity contribution in [3.63, 3.8) is 0 Å². The number of amides is 1. The normalized spacial score (nSPS) is 18.0. The van der Waals surface area contributed by atoms with E-state index in [-0.39, 0.29) is 27.5 Å². The molecular weight excluding hydrogens is 526 g/mol. The quantitative estimate of drug-likeness (QED) is 0.125. The molecule has 196 valence electrons. The van der Waals surface area contributed by atoms with Crippen LogP contribution < -0.4 is 19.1 Å². The summed E-state index contributed by atoms with van der Waals surface area (Å²) in [6, 6.07) is 14.3. The zero-order valence-corrected chi connectivity index (χ0v) is 21.1. The third kappa shape index (κ3) is 4.10. The molecule has 1 saturated heterocycles. The molecule has 0 saturated carbocycles. The Balaban J connectivity index is 1.55. The number of fused-ring (bicyclic) bond motifs is 2. The minimum absolute atomic E-state index is 0.193.